The summed E-state index contributed by atoms with van der Waals surface area (Å²) in [6.45, 7) is 0.560. The second-order valence-corrected chi connectivity index (χ2v) is 6.72. The van der Waals surface area contributed by atoms with Crippen LogP contribution in [0.15, 0.2) is 59.5 Å². The molecule has 1 saturated heterocycles. The normalized spacial score (nSPS) is 20.0. The van der Waals surface area contributed by atoms with Crippen molar-refractivity contribution < 1.29 is 14.5 Å². The summed E-state index contributed by atoms with van der Waals surface area (Å²) in [5, 5.41) is 9.20. The molecule has 3 rings (SSSR count). The van der Waals surface area contributed by atoms with Crippen LogP contribution in [0.2, 0.25) is 0 Å². The third-order valence-corrected chi connectivity index (χ3v) is 5.40. The van der Waals surface area contributed by atoms with E-state index in [-0.39, 0.29) is 0 Å². The van der Waals surface area contributed by atoms with E-state index < -0.39 is 23.4 Å². The molecule has 114 valence electrons. The maximum absolute atomic E-state index is 12.6. The van der Waals surface area contributed by atoms with Crippen molar-refractivity contribution in [2.45, 2.75) is 23.8 Å². The van der Waals surface area contributed by atoms with Crippen molar-refractivity contribution in [1.29, 1.82) is 0 Å². The zero-order chi connectivity index (χ0) is 15.5. The average molecular weight is 315 g/mol. The van der Waals surface area contributed by atoms with E-state index in [1.165, 1.54) is 0 Å². The van der Waals surface area contributed by atoms with Gasteiger partial charge in [0.1, 0.15) is 0 Å². The van der Waals surface area contributed by atoms with E-state index in [0.717, 1.165) is 17.5 Å². The van der Waals surface area contributed by atoms with E-state index in [9.17, 15) is 14.5 Å². The minimum absolute atomic E-state index is 0.559. The van der Waals surface area contributed by atoms with Crippen LogP contribution in [-0.2, 0) is 16.2 Å². The SMILES string of the molecule is O=C(O)C1CCCN1[S+]([O-])c1ccc(-c2ccccc2)cc1. The fourth-order valence-corrected chi connectivity index (χ4v) is 4.08. The molecule has 2 unspecified atom stereocenters. The minimum atomic E-state index is -1.42. The molecule has 0 radical (unpaired) electrons. The largest absolute Gasteiger partial charge is 0.593 e. The van der Waals surface area contributed by atoms with Gasteiger partial charge in [0.15, 0.2) is 10.9 Å². The molecule has 22 heavy (non-hydrogen) atoms. The Morgan fingerprint density at radius 2 is 1.73 bits per heavy atom. The van der Waals surface area contributed by atoms with Gasteiger partial charge in [-0.15, -0.1) is 4.31 Å². The van der Waals surface area contributed by atoms with Crippen LogP contribution in [-0.4, -0.2) is 32.5 Å². The first-order valence-electron chi connectivity index (χ1n) is 7.23. The first kappa shape index (κ1) is 15.1. The van der Waals surface area contributed by atoms with Crippen molar-refractivity contribution in [2.24, 2.45) is 0 Å². The predicted octanol–water partition coefficient (Wildman–Crippen LogP) is 2.93. The Kier molecular flexibility index (Phi) is 4.47. The number of nitrogens with zero attached hydrogens (tertiary/aromatic N) is 1. The number of carboxylic acid groups (broad SMARTS) is 1. The van der Waals surface area contributed by atoms with Crippen molar-refractivity contribution in [1.82, 2.24) is 4.31 Å². The summed E-state index contributed by atoms with van der Waals surface area (Å²) < 4.78 is 14.2. The van der Waals surface area contributed by atoms with Gasteiger partial charge in [0.25, 0.3) is 0 Å². The number of rotatable bonds is 4. The molecule has 4 nitrogen and oxygen atoms in total. The lowest BCUT2D eigenvalue weighted by Crippen LogP contribution is -2.40. The van der Waals surface area contributed by atoms with Gasteiger partial charge in [-0.1, -0.05) is 30.3 Å². The molecule has 1 fully saturated rings. The summed E-state index contributed by atoms with van der Waals surface area (Å²) in [6.07, 6.45) is 1.33. The monoisotopic (exact) mass is 315 g/mol. The Labute approximate surface area is 132 Å². The number of hydrogen-bond acceptors (Lipinski definition) is 3. The highest BCUT2D eigenvalue weighted by Gasteiger charge is 2.39. The zero-order valence-electron chi connectivity index (χ0n) is 12.0. The number of benzene rings is 2. The molecule has 2 aromatic carbocycles. The lowest BCUT2D eigenvalue weighted by atomic mass is 10.1. The summed E-state index contributed by atoms with van der Waals surface area (Å²) >= 11 is -1.42. The van der Waals surface area contributed by atoms with E-state index in [0.29, 0.717) is 17.9 Å². The third kappa shape index (κ3) is 3.02. The maximum Gasteiger partial charge on any atom is 0.325 e. The highest BCUT2D eigenvalue weighted by atomic mass is 32.2. The van der Waals surface area contributed by atoms with Crippen LogP contribution in [0.25, 0.3) is 11.1 Å². The van der Waals surface area contributed by atoms with Crippen LogP contribution in [0.3, 0.4) is 0 Å². The highest BCUT2D eigenvalue weighted by Crippen LogP contribution is 2.28. The molecule has 1 aliphatic heterocycles. The zero-order valence-corrected chi connectivity index (χ0v) is 12.8. The Morgan fingerprint density at radius 3 is 2.36 bits per heavy atom. The van der Waals surface area contributed by atoms with Gasteiger partial charge in [-0.2, -0.15) is 0 Å². The number of aliphatic carboxylic acids is 1. The molecule has 1 N–H and O–H groups in total. The van der Waals surface area contributed by atoms with Crippen molar-refractivity contribution in [3.8, 4) is 11.1 Å². The van der Waals surface area contributed by atoms with Crippen molar-refractivity contribution in [2.75, 3.05) is 6.54 Å². The van der Waals surface area contributed by atoms with Crippen LogP contribution < -0.4 is 0 Å². The van der Waals surface area contributed by atoms with E-state index in [4.69, 9.17) is 0 Å². The average Bonchev–Trinajstić information content (AvgIpc) is 3.05. The minimum Gasteiger partial charge on any atom is -0.593 e. The fraction of sp³-hybridized carbons (Fsp3) is 0.235. The van der Waals surface area contributed by atoms with Crippen LogP contribution in [0.5, 0.6) is 0 Å². The summed E-state index contributed by atoms with van der Waals surface area (Å²) in [5.41, 5.74) is 2.15. The second-order valence-electron chi connectivity index (χ2n) is 5.28. The van der Waals surface area contributed by atoms with E-state index in [1.54, 1.807) is 4.31 Å². The number of hydrogen-bond donors (Lipinski definition) is 1. The topological polar surface area (TPSA) is 63.6 Å². The van der Waals surface area contributed by atoms with E-state index in [1.807, 2.05) is 54.6 Å². The lowest BCUT2D eigenvalue weighted by molar-refractivity contribution is -0.140. The van der Waals surface area contributed by atoms with E-state index >= 15 is 0 Å². The molecule has 1 aliphatic rings. The van der Waals surface area contributed by atoms with Gasteiger partial charge in [0, 0.05) is 6.54 Å². The maximum atomic E-state index is 12.6. The number of carbonyl (C=O) groups is 1. The highest BCUT2D eigenvalue weighted by molar-refractivity contribution is 7.89. The standard InChI is InChI=1S/C17H17NO3S/c19-17(20)16-7-4-12-18(16)22(21)15-10-8-14(9-11-15)13-5-2-1-3-6-13/h1-3,5-6,8-11,16H,4,7,12H2,(H,19,20). The summed E-state index contributed by atoms with van der Waals surface area (Å²) in [5.74, 6) is -0.897. The van der Waals surface area contributed by atoms with Gasteiger partial charge in [-0.25, -0.2) is 0 Å². The molecule has 2 atom stereocenters. The quantitative estimate of drug-likeness (QED) is 0.881. The summed E-state index contributed by atoms with van der Waals surface area (Å²) in [4.78, 5) is 11.9. The van der Waals surface area contributed by atoms with Gasteiger partial charge in [-0.05, 0) is 48.2 Å². The molecule has 0 spiro atoms. The lowest BCUT2D eigenvalue weighted by Gasteiger charge is -2.23. The van der Waals surface area contributed by atoms with Crippen molar-refractivity contribution in [3.63, 3.8) is 0 Å². The molecule has 0 bridgehead atoms. The van der Waals surface area contributed by atoms with Gasteiger partial charge in [0.2, 0.25) is 0 Å². The Morgan fingerprint density at radius 1 is 1.09 bits per heavy atom. The van der Waals surface area contributed by atoms with E-state index in [2.05, 4.69) is 0 Å². The van der Waals surface area contributed by atoms with Gasteiger partial charge < -0.3 is 9.66 Å². The van der Waals surface area contributed by atoms with Gasteiger partial charge in [0.05, 0.1) is 11.4 Å². The van der Waals surface area contributed by atoms with Crippen molar-refractivity contribution in [3.05, 3.63) is 54.6 Å². The summed E-state index contributed by atoms with van der Waals surface area (Å²) in [6, 6.07) is 16.8. The smallest absolute Gasteiger partial charge is 0.325 e. The molecular formula is C17H17NO3S. The molecule has 0 saturated carbocycles. The second kappa shape index (κ2) is 6.52. The molecule has 0 aliphatic carbocycles. The predicted molar refractivity (Wildman–Crippen MR) is 85.7 cm³/mol. The van der Waals surface area contributed by atoms with Crippen LogP contribution in [0.4, 0.5) is 0 Å². The van der Waals surface area contributed by atoms with Crippen LogP contribution >= 0.6 is 0 Å². The molecule has 0 aromatic heterocycles. The number of carboxylic acids is 1. The Balaban J connectivity index is 1.79. The molecule has 0 amide bonds. The molecular weight excluding hydrogens is 298 g/mol. The van der Waals surface area contributed by atoms with Crippen LogP contribution in [0.1, 0.15) is 12.8 Å². The van der Waals surface area contributed by atoms with Gasteiger partial charge in [-0.3, -0.25) is 4.79 Å². The Hall–Kier alpha value is -1.82. The van der Waals surface area contributed by atoms with Crippen LogP contribution in [0, 0.1) is 0 Å². The third-order valence-electron chi connectivity index (χ3n) is 3.86. The fourth-order valence-electron chi connectivity index (χ4n) is 2.72. The van der Waals surface area contributed by atoms with Gasteiger partial charge >= 0.3 is 5.97 Å². The molecule has 1 heterocycles. The Bertz CT molecular complexity index is 645. The van der Waals surface area contributed by atoms with Crippen molar-refractivity contribution >= 4 is 17.3 Å². The first-order valence-corrected chi connectivity index (χ1v) is 8.34. The molecule has 2 aromatic rings. The first-order chi connectivity index (χ1) is 10.7. The molecule has 5 heteroatoms. The summed E-state index contributed by atoms with van der Waals surface area (Å²) in [7, 11) is 0.